The number of aromatic carboxylic acids is 1. The molecule has 21 heavy (non-hydrogen) atoms. The first-order valence-corrected chi connectivity index (χ1v) is 7.73. The van der Waals surface area contributed by atoms with Crippen LogP contribution in [0.1, 0.15) is 36.2 Å². The molecule has 6 nitrogen and oxygen atoms in total. The van der Waals surface area contributed by atoms with Crippen molar-refractivity contribution in [2.75, 3.05) is 6.61 Å². The largest absolute Gasteiger partial charge is 0.478 e. The van der Waals surface area contributed by atoms with Gasteiger partial charge in [0.25, 0.3) is 0 Å². The summed E-state index contributed by atoms with van der Waals surface area (Å²) in [5.41, 5.74) is -1.74. The van der Waals surface area contributed by atoms with Crippen molar-refractivity contribution in [2.24, 2.45) is 0 Å². The first kappa shape index (κ1) is 17.5. The van der Waals surface area contributed by atoms with E-state index in [0.29, 0.717) is 6.42 Å². The van der Waals surface area contributed by atoms with Crippen LogP contribution >= 0.6 is 0 Å². The number of carbonyl (C=O) groups is 1. The van der Waals surface area contributed by atoms with E-state index in [0.717, 1.165) is 12.1 Å². The molecular weight excluding hydrogens is 301 g/mol. The van der Waals surface area contributed by atoms with Crippen LogP contribution in [-0.4, -0.2) is 36.7 Å². The van der Waals surface area contributed by atoms with Gasteiger partial charge in [-0.2, -0.15) is 0 Å². The van der Waals surface area contributed by atoms with Crippen LogP contribution in [-0.2, 0) is 10.0 Å². The molecule has 118 valence electrons. The highest BCUT2D eigenvalue weighted by atomic mass is 32.2. The second-order valence-corrected chi connectivity index (χ2v) is 6.72. The van der Waals surface area contributed by atoms with Gasteiger partial charge in [-0.05, 0) is 32.4 Å². The molecule has 0 aromatic heterocycles. The van der Waals surface area contributed by atoms with Crippen molar-refractivity contribution < 1.29 is 27.8 Å². The Kier molecular flexibility index (Phi) is 5.08. The van der Waals surface area contributed by atoms with Crippen molar-refractivity contribution >= 4 is 16.0 Å². The molecule has 0 saturated heterocycles. The molecule has 3 N–H and O–H groups in total. The van der Waals surface area contributed by atoms with E-state index in [-0.39, 0.29) is 5.56 Å². The predicted molar refractivity (Wildman–Crippen MR) is 74.2 cm³/mol. The van der Waals surface area contributed by atoms with E-state index < -0.39 is 44.4 Å². The zero-order valence-electron chi connectivity index (χ0n) is 12.0. The average molecular weight is 319 g/mol. The van der Waals surface area contributed by atoms with Gasteiger partial charge < -0.3 is 10.2 Å². The van der Waals surface area contributed by atoms with Gasteiger partial charge in [0.05, 0.1) is 22.6 Å². The third-order valence-electron chi connectivity index (χ3n) is 3.34. The van der Waals surface area contributed by atoms with Gasteiger partial charge in [0.1, 0.15) is 5.82 Å². The van der Waals surface area contributed by atoms with Gasteiger partial charge in [-0.25, -0.2) is 22.3 Å². The normalized spacial score (nSPS) is 14.7. The van der Waals surface area contributed by atoms with Gasteiger partial charge in [-0.1, -0.05) is 6.92 Å². The molecule has 8 heteroatoms. The fourth-order valence-electron chi connectivity index (χ4n) is 1.65. The summed E-state index contributed by atoms with van der Waals surface area (Å²) in [5, 5.41) is 18.2. The molecule has 0 amide bonds. The molecule has 1 aromatic rings. The number of sulfonamides is 1. The summed E-state index contributed by atoms with van der Waals surface area (Å²) in [5.74, 6) is -2.34. The second kappa shape index (κ2) is 6.08. The lowest BCUT2D eigenvalue weighted by atomic mass is 10.0. The summed E-state index contributed by atoms with van der Waals surface area (Å²) in [6.07, 6.45) is 0.308. The van der Waals surface area contributed by atoms with Gasteiger partial charge in [0.15, 0.2) is 0 Å². The molecule has 0 saturated carbocycles. The van der Waals surface area contributed by atoms with Crippen molar-refractivity contribution in [3.8, 4) is 0 Å². The topological polar surface area (TPSA) is 104 Å². The minimum atomic E-state index is -4.16. The van der Waals surface area contributed by atoms with Gasteiger partial charge >= 0.3 is 5.97 Å². The van der Waals surface area contributed by atoms with E-state index in [1.165, 1.54) is 13.8 Å². The lowest BCUT2D eigenvalue weighted by Crippen LogP contribution is -2.48. The van der Waals surface area contributed by atoms with E-state index in [2.05, 4.69) is 4.72 Å². The van der Waals surface area contributed by atoms with Crippen molar-refractivity contribution in [2.45, 2.75) is 37.6 Å². The number of halogens is 1. The smallest absolute Gasteiger partial charge is 0.335 e. The number of hydrogen-bond donors (Lipinski definition) is 3. The van der Waals surface area contributed by atoms with Gasteiger partial charge in [0.2, 0.25) is 10.0 Å². The van der Waals surface area contributed by atoms with Gasteiger partial charge in [0, 0.05) is 5.56 Å². The minimum Gasteiger partial charge on any atom is -0.478 e. The number of aliphatic hydroxyl groups is 1. The highest BCUT2D eigenvalue weighted by Crippen LogP contribution is 2.23. The zero-order chi connectivity index (χ0) is 16.4. The number of benzene rings is 1. The van der Waals surface area contributed by atoms with Crippen LogP contribution in [0.2, 0.25) is 0 Å². The SMILES string of the molecule is CCC(C)(CO)NS(=O)(=O)c1cc(C(=O)O)cc(F)c1C. The molecule has 0 aliphatic rings. The number of carboxylic acids is 1. The Morgan fingerprint density at radius 2 is 2.00 bits per heavy atom. The van der Waals surface area contributed by atoms with Crippen LogP contribution in [0.15, 0.2) is 17.0 Å². The number of hydrogen-bond acceptors (Lipinski definition) is 4. The average Bonchev–Trinajstić information content (AvgIpc) is 2.40. The van der Waals surface area contributed by atoms with E-state index >= 15 is 0 Å². The molecule has 0 bridgehead atoms. The molecule has 0 radical (unpaired) electrons. The molecule has 0 fully saturated rings. The zero-order valence-corrected chi connectivity index (χ0v) is 12.8. The molecule has 0 aliphatic carbocycles. The summed E-state index contributed by atoms with van der Waals surface area (Å²) in [7, 11) is -4.16. The van der Waals surface area contributed by atoms with E-state index in [4.69, 9.17) is 5.11 Å². The molecule has 0 spiro atoms. The minimum absolute atomic E-state index is 0.177. The first-order chi connectivity index (χ1) is 9.56. The van der Waals surface area contributed by atoms with Crippen LogP contribution in [0.25, 0.3) is 0 Å². The van der Waals surface area contributed by atoms with Crippen LogP contribution < -0.4 is 4.72 Å². The molecule has 0 aliphatic heterocycles. The standard InChI is InChI=1S/C13H18FNO5S/c1-4-13(3,7-16)15-21(19,20)11-6-9(12(17)18)5-10(14)8(11)2/h5-6,15-16H,4,7H2,1-3H3,(H,17,18). The van der Waals surface area contributed by atoms with Crippen LogP contribution in [0, 0.1) is 12.7 Å². The van der Waals surface area contributed by atoms with Crippen molar-refractivity contribution in [1.29, 1.82) is 0 Å². The first-order valence-electron chi connectivity index (χ1n) is 6.24. The number of carboxylic acid groups (broad SMARTS) is 1. The molecule has 1 unspecified atom stereocenters. The lowest BCUT2D eigenvalue weighted by molar-refractivity contribution is 0.0696. The number of aliphatic hydroxyl groups excluding tert-OH is 1. The monoisotopic (exact) mass is 319 g/mol. The van der Waals surface area contributed by atoms with E-state index in [9.17, 15) is 22.7 Å². The number of rotatable bonds is 6. The van der Waals surface area contributed by atoms with Gasteiger partial charge in [-0.15, -0.1) is 0 Å². The van der Waals surface area contributed by atoms with Crippen LogP contribution in [0.3, 0.4) is 0 Å². The fraction of sp³-hybridized carbons (Fsp3) is 0.462. The molecule has 1 atom stereocenters. The summed E-state index contributed by atoms with van der Waals surface area (Å²) >= 11 is 0. The lowest BCUT2D eigenvalue weighted by Gasteiger charge is -2.27. The maximum atomic E-state index is 13.7. The molecule has 0 heterocycles. The molecule has 1 rings (SSSR count). The third-order valence-corrected chi connectivity index (χ3v) is 5.11. The Morgan fingerprint density at radius 3 is 2.43 bits per heavy atom. The summed E-state index contributed by atoms with van der Waals surface area (Å²) < 4.78 is 40.7. The number of nitrogens with one attached hydrogen (secondary N) is 1. The Bertz CT molecular complexity index is 653. The van der Waals surface area contributed by atoms with E-state index in [1.807, 2.05) is 0 Å². The Labute approximate surface area is 122 Å². The maximum Gasteiger partial charge on any atom is 0.335 e. The molecule has 1 aromatic carbocycles. The maximum absolute atomic E-state index is 13.7. The van der Waals surface area contributed by atoms with E-state index in [1.54, 1.807) is 6.92 Å². The third kappa shape index (κ3) is 3.78. The molecular formula is C13H18FNO5S. The van der Waals surface area contributed by atoms with Crippen molar-refractivity contribution in [3.05, 3.63) is 29.1 Å². The highest BCUT2D eigenvalue weighted by Gasteiger charge is 2.30. The van der Waals surface area contributed by atoms with Crippen molar-refractivity contribution in [3.63, 3.8) is 0 Å². The quantitative estimate of drug-likeness (QED) is 0.732. The summed E-state index contributed by atoms with van der Waals surface area (Å²) in [6.45, 7) is 3.98. The summed E-state index contributed by atoms with van der Waals surface area (Å²) in [4.78, 5) is 10.5. The summed E-state index contributed by atoms with van der Waals surface area (Å²) in [6, 6.07) is 1.66. The Morgan fingerprint density at radius 1 is 1.43 bits per heavy atom. The van der Waals surface area contributed by atoms with Crippen molar-refractivity contribution in [1.82, 2.24) is 4.72 Å². The van der Waals surface area contributed by atoms with Gasteiger partial charge in [-0.3, -0.25) is 0 Å². The fourth-order valence-corrected chi connectivity index (χ4v) is 3.40. The highest BCUT2D eigenvalue weighted by molar-refractivity contribution is 7.89. The Hall–Kier alpha value is -1.51. The predicted octanol–water partition coefficient (Wildman–Crippen LogP) is 1.27. The Balaban J connectivity index is 3.41. The van der Waals surface area contributed by atoms with Crippen LogP contribution in [0.5, 0.6) is 0 Å². The van der Waals surface area contributed by atoms with Crippen LogP contribution in [0.4, 0.5) is 4.39 Å². The second-order valence-electron chi connectivity index (χ2n) is 5.06.